The van der Waals surface area contributed by atoms with E-state index < -0.39 is 12.0 Å². The molecule has 0 radical (unpaired) electrons. The third-order valence-electron chi connectivity index (χ3n) is 3.98. The molecule has 2 rings (SSSR count). The van der Waals surface area contributed by atoms with Gasteiger partial charge in [0.15, 0.2) is 0 Å². The average molecular weight is 283 g/mol. The molecular weight excluding hydrogens is 262 g/mol. The normalized spacial score (nSPS) is 25.5. The summed E-state index contributed by atoms with van der Waals surface area (Å²) >= 11 is 0. The lowest BCUT2D eigenvalue weighted by Crippen LogP contribution is -2.45. The minimum Gasteiger partial charge on any atom is -0.481 e. The predicted molar refractivity (Wildman–Crippen MR) is 71.1 cm³/mol. The number of carboxylic acids is 1. The monoisotopic (exact) mass is 283 g/mol. The SMILES string of the molecule is O=C(NCC(=O)N1CCCC1)N[C@H]1CC[C@@H](C(=O)O)C1. The highest BCUT2D eigenvalue weighted by molar-refractivity contribution is 5.84. The molecule has 3 N–H and O–H groups in total. The number of aliphatic carboxylic acids is 1. The highest BCUT2D eigenvalue weighted by atomic mass is 16.4. The number of urea groups is 1. The van der Waals surface area contributed by atoms with Crippen LogP contribution < -0.4 is 10.6 Å². The summed E-state index contributed by atoms with van der Waals surface area (Å²) in [6, 6.07) is -0.508. The van der Waals surface area contributed by atoms with Crippen LogP contribution in [0.5, 0.6) is 0 Å². The summed E-state index contributed by atoms with van der Waals surface area (Å²) in [5.74, 6) is -1.24. The number of likely N-dealkylation sites (tertiary alicyclic amines) is 1. The number of carboxylic acid groups (broad SMARTS) is 1. The topological polar surface area (TPSA) is 98.7 Å². The van der Waals surface area contributed by atoms with Gasteiger partial charge in [-0.2, -0.15) is 0 Å². The number of hydrogen-bond acceptors (Lipinski definition) is 3. The van der Waals surface area contributed by atoms with Crippen LogP contribution >= 0.6 is 0 Å². The summed E-state index contributed by atoms with van der Waals surface area (Å²) in [5, 5.41) is 14.2. The number of amides is 3. The van der Waals surface area contributed by atoms with E-state index in [1.54, 1.807) is 4.90 Å². The molecule has 7 nitrogen and oxygen atoms in total. The molecule has 1 heterocycles. The third kappa shape index (κ3) is 3.85. The molecule has 0 aromatic carbocycles. The van der Waals surface area contributed by atoms with Crippen molar-refractivity contribution in [3.8, 4) is 0 Å². The third-order valence-corrected chi connectivity index (χ3v) is 3.98. The van der Waals surface area contributed by atoms with Crippen LogP contribution in [0.25, 0.3) is 0 Å². The largest absolute Gasteiger partial charge is 0.481 e. The van der Waals surface area contributed by atoms with Gasteiger partial charge in [0, 0.05) is 19.1 Å². The summed E-state index contributed by atoms with van der Waals surface area (Å²) < 4.78 is 0. The van der Waals surface area contributed by atoms with Crippen molar-refractivity contribution in [3.05, 3.63) is 0 Å². The van der Waals surface area contributed by atoms with Gasteiger partial charge in [0.2, 0.25) is 5.91 Å². The van der Waals surface area contributed by atoms with E-state index in [2.05, 4.69) is 10.6 Å². The summed E-state index contributed by atoms with van der Waals surface area (Å²) in [4.78, 5) is 36.0. The first-order chi connectivity index (χ1) is 9.56. The molecule has 1 saturated heterocycles. The van der Waals surface area contributed by atoms with Crippen LogP contribution in [0.1, 0.15) is 32.1 Å². The van der Waals surface area contributed by atoms with Crippen LogP contribution in [0.4, 0.5) is 4.79 Å². The van der Waals surface area contributed by atoms with Crippen molar-refractivity contribution >= 4 is 17.9 Å². The fourth-order valence-electron chi connectivity index (χ4n) is 2.81. The van der Waals surface area contributed by atoms with Gasteiger partial charge in [0.25, 0.3) is 0 Å². The number of nitrogens with one attached hydrogen (secondary N) is 2. The van der Waals surface area contributed by atoms with Gasteiger partial charge < -0.3 is 20.6 Å². The van der Waals surface area contributed by atoms with E-state index in [0.29, 0.717) is 19.3 Å². The van der Waals surface area contributed by atoms with Crippen molar-refractivity contribution in [2.24, 2.45) is 5.92 Å². The maximum Gasteiger partial charge on any atom is 0.315 e. The Bertz CT molecular complexity index is 393. The smallest absolute Gasteiger partial charge is 0.315 e. The van der Waals surface area contributed by atoms with E-state index in [0.717, 1.165) is 25.9 Å². The lowest BCUT2D eigenvalue weighted by Gasteiger charge is -2.17. The van der Waals surface area contributed by atoms with Gasteiger partial charge in [-0.3, -0.25) is 9.59 Å². The first-order valence-electron chi connectivity index (χ1n) is 7.11. The van der Waals surface area contributed by atoms with Gasteiger partial charge in [-0.15, -0.1) is 0 Å². The highest BCUT2D eigenvalue weighted by Gasteiger charge is 2.30. The minimum atomic E-state index is -0.807. The molecule has 112 valence electrons. The van der Waals surface area contributed by atoms with Crippen LogP contribution in [0.3, 0.4) is 0 Å². The van der Waals surface area contributed by atoms with E-state index in [9.17, 15) is 14.4 Å². The standard InChI is InChI=1S/C13H21N3O4/c17-11(16-5-1-2-6-16)8-14-13(20)15-10-4-3-9(7-10)12(18)19/h9-10H,1-8H2,(H,18,19)(H2,14,15,20)/t9-,10+/m1/s1. The van der Waals surface area contributed by atoms with Crippen molar-refractivity contribution in [3.63, 3.8) is 0 Å². The predicted octanol–water partition coefficient (Wildman–Crippen LogP) is 0.161. The molecule has 0 spiro atoms. The Morgan fingerprint density at radius 2 is 1.85 bits per heavy atom. The Kier molecular flexibility index (Phi) is 4.81. The quantitative estimate of drug-likeness (QED) is 0.684. The second-order valence-electron chi connectivity index (χ2n) is 5.46. The Morgan fingerprint density at radius 3 is 2.45 bits per heavy atom. The van der Waals surface area contributed by atoms with Crippen LogP contribution in [0.2, 0.25) is 0 Å². The van der Waals surface area contributed by atoms with Crippen molar-refractivity contribution in [1.29, 1.82) is 0 Å². The number of nitrogens with zero attached hydrogens (tertiary/aromatic N) is 1. The summed E-state index contributed by atoms with van der Waals surface area (Å²) in [5.41, 5.74) is 0. The maximum absolute atomic E-state index is 11.7. The number of rotatable bonds is 4. The van der Waals surface area contributed by atoms with Crippen molar-refractivity contribution < 1.29 is 19.5 Å². The molecule has 2 fully saturated rings. The lowest BCUT2D eigenvalue weighted by atomic mass is 10.1. The molecule has 7 heteroatoms. The summed E-state index contributed by atoms with van der Waals surface area (Å²) in [6.07, 6.45) is 3.77. The highest BCUT2D eigenvalue weighted by Crippen LogP contribution is 2.25. The van der Waals surface area contributed by atoms with E-state index in [-0.39, 0.29) is 24.4 Å². The molecule has 0 unspecified atom stereocenters. The van der Waals surface area contributed by atoms with E-state index >= 15 is 0 Å². The van der Waals surface area contributed by atoms with E-state index in [1.165, 1.54) is 0 Å². The fraction of sp³-hybridized carbons (Fsp3) is 0.769. The zero-order valence-electron chi connectivity index (χ0n) is 11.4. The van der Waals surface area contributed by atoms with E-state index in [1.807, 2.05) is 0 Å². The summed E-state index contributed by atoms with van der Waals surface area (Å²) in [6.45, 7) is 1.54. The Labute approximate surface area is 117 Å². The van der Waals surface area contributed by atoms with Crippen LogP contribution in [0, 0.1) is 5.92 Å². The van der Waals surface area contributed by atoms with Crippen molar-refractivity contribution in [2.75, 3.05) is 19.6 Å². The van der Waals surface area contributed by atoms with Crippen LogP contribution in [0.15, 0.2) is 0 Å². The van der Waals surface area contributed by atoms with E-state index in [4.69, 9.17) is 5.11 Å². The lowest BCUT2D eigenvalue weighted by molar-refractivity contribution is -0.141. The number of carbonyl (C=O) groups is 3. The summed E-state index contributed by atoms with van der Waals surface area (Å²) in [7, 11) is 0. The Morgan fingerprint density at radius 1 is 1.15 bits per heavy atom. The van der Waals surface area contributed by atoms with Gasteiger partial charge in [-0.05, 0) is 32.1 Å². The Hall–Kier alpha value is -1.79. The molecule has 2 atom stereocenters. The van der Waals surface area contributed by atoms with Crippen LogP contribution in [-0.2, 0) is 9.59 Å². The second-order valence-corrected chi connectivity index (χ2v) is 5.46. The van der Waals surface area contributed by atoms with Crippen molar-refractivity contribution in [2.45, 2.75) is 38.1 Å². The fourth-order valence-corrected chi connectivity index (χ4v) is 2.81. The average Bonchev–Trinajstić information content (AvgIpc) is 3.06. The number of carbonyl (C=O) groups excluding carboxylic acids is 2. The molecule has 0 bridgehead atoms. The maximum atomic E-state index is 11.7. The van der Waals surface area contributed by atoms with Gasteiger partial charge in [0.05, 0.1) is 12.5 Å². The van der Waals surface area contributed by atoms with Crippen molar-refractivity contribution in [1.82, 2.24) is 15.5 Å². The minimum absolute atomic E-state index is 0.000905. The second kappa shape index (κ2) is 6.58. The first kappa shape index (κ1) is 14.6. The zero-order chi connectivity index (χ0) is 14.5. The molecule has 20 heavy (non-hydrogen) atoms. The van der Waals surface area contributed by atoms with Gasteiger partial charge in [0.1, 0.15) is 0 Å². The molecular formula is C13H21N3O4. The molecule has 1 aliphatic heterocycles. The first-order valence-corrected chi connectivity index (χ1v) is 7.11. The van der Waals surface area contributed by atoms with Gasteiger partial charge in [-0.25, -0.2) is 4.79 Å². The Balaban J connectivity index is 1.65. The molecule has 2 aliphatic rings. The number of hydrogen-bond donors (Lipinski definition) is 3. The molecule has 1 saturated carbocycles. The van der Waals surface area contributed by atoms with Gasteiger partial charge in [-0.1, -0.05) is 0 Å². The van der Waals surface area contributed by atoms with Gasteiger partial charge >= 0.3 is 12.0 Å². The molecule has 0 aromatic heterocycles. The molecule has 1 aliphatic carbocycles. The molecule has 0 aromatic rings. The van der Waals surface area contributed by atoms with Crippen LogP contribution in [-0.4, -0.2) is 53.6 Å². The molecule has 3 amide bonds. The zero-order valence-corrected chi connectivity index (χ0v) is 11.4.